The predicted molar refractivity (Wildman–Crippen MR) is 69.2 cm³/mol. The van der Waals surface area contributed by atoms with Gasteiger partial charge in [0.1, 0.15) is 0 Å². The summed E-state index contributed by atoms with van der Waals surface area (Å²) >= 11 is 0. The highest BCUT2D eigenvalue weighted by Crippen LogP contribution is 2.17. The summed E-state index contributed by atoms with van der Waals surface area (Å²) in [6, 6.07) is 5.13. The third kappa shape index (κ3) is 3.93. The molecule has 0 bridgehead atoms. The van der Waals surface area contributed by atoms with Gasteiger partial charge in [-0.3, -0.25) is 9.52 Å². The van der Waals surface area contributed by atoms with Crippen molar-refractivity contribution in [2.45, 2.75) is 17.1 Å². The number of carboxylic acids is 1. The predicted octanol–water partition coefficient (Wildman–Crippen LogP) is 0.305. The lowest BCUT2D eigenvalue weighted by atomic mass is 10.3. The first-order valence-electron chi connectivity index (χ1n) is 5.08. The second-order valence-electron chi connectivity index (χ2n) is 3.93. The van der Waals surface area contributed by atoms with Crippen LogP contribution in [0.2, 0.25) is 0 Å². The molecule has 0 aliphatic heterocycles. The number of hydrogen-bond acceptors (Lipinski definition) is 5. The maximum absolute atomic E-state index is 11.7. The number of hydrogen-bond donors (Lipinski definition) is 2. The SMILES string of the molecule is CC(C(=O)O)S(=O)(=O)Nc1cccc(S(C)(=O)=O)c1. The third-order valence-corrected chi connectivity index (χ3v) is 5.10. The van der Waals surface area contributed by atoms with Gasteiger partial charge >= 0.3 is 5.97 Å². The maximum Gasteiger partial charge on any atom is 0.323 e. The molecule has 0 fully saturated rings. The monoisotopic (exact) mass is 307 g/mol. The fourth-order valence-electron chi connectivity index (χ4n) is 1.18. The first-order chi connectivity index (χ1) is 8.54. The lowest BCUT2D eigenvalue weighted by molar-refractivity contribution is -0.136. The number of nitrogens with one attached hydrogen (secondary N) is 1. The molecule has 0 aliphatic rings. The average Bonchev–Trinajstić information content (AvgIpc) is 2.26. The van der Waals surface area contributed by atoms with Gasteiger partial charge in [-0.05, 0) is 25.1 Å². The van der Waals surface area contributed by atoms with Gasteiger partial charge < -0.3 is 5.11 Å². The zero-order valence-electron chi connectivity index (χ0n) is 10.2. The van der Waals surface area contributed by atoms with E-state index < -0.39 is 31.1 Å². The van der Waals surface area contributed by atoms with Crippen LogP contribution in [0.15, 0.2) is 29.2 Å². The number of sulfone groups is 1. The molecule has 1 rings (SSSR count). The van der Waals surface area contributed by atoms with Crippen molar-refractivity contribution in [2.75, 3.05) is 11.0 Å². The summed E-state index contributed by atoms with van der Waals surface area (Å²) in [5.74, 6) is -1.49. The molecule has 9 heteroatoms. The van der Waals surface area contributed by atoms with Gasteiger partial charge in [0.15, 0.2) is 15.1 Å². The van der Waals surface area contributed by atoms with Crippen LogP contribution in [0.5, 0.6) is 0 Å². The quantitative estimate of drug-likeness (QED) is 0.808. The average molecular weight is 307 g/mol. The molecule has 0 aliphatic carbocycles. The van der Waals surface area contributed by atoms with Crippen molar-refractivity contribution in [1.82, 2.24) is 0 Å². The lowest BCUT2D eigenvalue weighted by Gasteiger charge is -2.11. The molecule has 106 valence electrons. The van der Waals surface area contributed by atoms with Gasteiger partial charge in [0, 0.05) is 11.9 Å². The van der Waals surface area contributed by atoms with E-state index in [1.807, 2.05) is 4.72 Å². The minimum Gasteiger partial charge on any atom is -0.480 e. The van der Waals surface area contributed by atoms with Crippen molar-refractivity contribution in [3.8, 4) is 0 Å². The second-order valence-corrected chi connectivity index (χ2v) is 7.94. The summed E-state index contributed by atoms with van der Waals surface area (Å²) in [4.78, 5) is 10.6. The molecule has 0 spiro atoms. The van der Waals surface area contributed by atoms with Crippen molar-refractivity contribution < 1.29 is 26.7 Å². The molecule has 2 N–H and O–H groups in total. The fourth-order valence-corrected chi connectivity index (χ4v) is 2.74. The summed E-state index contributed by atoms with van der Waals surface area (Å²) < 4.78 is 48.0. The van der Waals surface area contributed by atoms with Crippen LogP contribution < -0.4 is 4.72 Å². The van der Waals surface area contributed by atoms with E-state index in [1.165, 1.54) is 18.2 Å². The summed E-state index contributed by atoms with van der Waals surface area (Å²) in [5.41, 5.74) is -0.00368. The van der Waals surface area contributed by atoms with Crippen molar-refractivity contribution in [3.63, 3.8) is 0 Å². The van der Waals surface area contributed by atoms with Gasteiger partial charge in [0.05, 0.1) is 4.90 Å². The van der Waals surface area contributed by atoms with Gasteiger partial charge in [-0.25, -0.2) is 16.8 Å². The lowest BCUT2D eigenvalue weighted by Crippen LogP contribution is -2.32. The highest BCUT2D eigenvalue weighted by atomic mass is 32.2. The Hall–Kier alpha value is -1.61. The Morgan fingerprint density at radius 2 is 1.84 bits per heavy atom. The van der Waals surface area contributed by atoms with E-state index in [0.717, 1.165) is 19.2 Å². The zero-order chi connectivity index (χ0) is 14.8. The highest BCUT2D eigenvalue weighted by molar-refractivity contribution is 7.94. The molecular formula is C10H13NO6S2. The number of rotatable bonds is 5. The van der Waals surface area contributed by atoms with Gasteiger partial charge in [0.25, 0.3) is 0 Å². The molecule has 1 unspecified atom stereocenters. The number of aliphatic carboxylic acids is 1. The Morgan fingerprint density at radius 3 is 2.32 bits per heavy atom. The van der Waals surface area contributed by atoms with E-state index in [-0.39, 0.29) is 10.6 Å². The van der Waals surface area contributed by atoms with Crippen LogP contribution in [0.3, 0.4) is 0 Å². The Morgan fingerprint density at radius 1 is 1.26 bits per heavy atom. The van der Waals surface area contributed by atoms with E-state index in [0.29, 0.717) is 0 Å². The largest absolute Gasteiger partial charge is 0.480 e. The molecule has 0 radical (unpaired) electrons. The fraction of sp³-hybridized carbons (Fsp3) is 0.300. The summed E-state index contributed by atoms with van der Waals surface area (Å²) in [7, 11) is -7.59. The van der Waals surface area contributed by atoms with Crippen LogP contribution >= 0.6 is 0 Å². The number of sulfonamides is 1. The van der Waals surface area contributed by atoms with Crippen LogP contribution in [0.1, 0.15) is 6.92 Å². The minimum absolute atomic E-state index is 0.00368. The van der Waals surface area contributed by atoms with Crippen LogP contribution in [0, 0.1) is 0 Å². The number of carbonyl (C=O) groups is 1. The van der Waals surface area contributed by atoms with Crippen molar-refractivity contribution >= 4 is 31.5 Å². The second kappa shape index (κ2) is 5.17. The molecule has 0 saturated carbocycles. The summed E-state index contributed by atoms with van der Waals surface area (Å²) in [6.07, 6.45) is 0.987. The van der Waals surface area contributed by atoms with E-state index in [4.69, 9.17) is 5.11 Å². The molecule has 0 aromatic heterocycles. The standard InChI is InChI=1S/C10H13NO6S2/c1-7(10(12)13)19(16,17)11-8-4-3-5-9(6-8)18(2,14)15/h3-7,11H,1-2H3,(H,12,13). The normalized spacial score (nSPS) is 13.8. The van der Waals surface area contributed by atoms with Crippen LogP contribution in [0.25, 0.3) is 0 Å². The zero-order valence-corrected chi connectivity index (χ0v) is 11.8. The minimum atomic E-state index is -4.12. The van der Waals surface area contributed by atoms with Crippen LogP contribution in [0.4, 0.5) is 5.69 Å². The first-order valence-corrected chi connectivity index (χ1v) is 8.52. The van der Waals surface area contributed by atoms with Gasteiger partial charge in [-0.1, -0.05) is 6.07 Å². The topological polar surface area (TPSA) is 118 Å². The molecule has 1 atom stereocenters. The van der Waals surface area contributed by atoms with Gasteiger partial charge in [-0.15, -0.1) is 0 Å². The Bertz CT molecular complexity index is 692. The number of benzene rings is 1. The summed E-state index contributed by atoms with van der Waals surface area (Å²) in [5, 5.41) is 7.02. The molecule has 19 heavy (non-hydrogen) atoms. The van der Waals surface area contributed by atoms with Crippen molar-refractivity contribution in [2.24, 2.45) is 0 Å². The Balaban J connectivity index is 3.11. The van der Waals surface area contributed by atoms with Crippen molar-refractivity contribution in [1.29, 1.82) is 0 Å². The Labute approximate surface area is 111 Å². The number of carboxylic acid groups (broad SMARTS) is 1. The molecule has 0 amide bonds. The maximum atomic E-state index is 11.7. The smallest absolute Gasteiger partial charge is 0.323 e. The van der Waals surface area contributed by atoms with Gasteiger partial charge in [0.2, 0.25) is 10.0 Å². The molecular weight excluding hydrogens is 294 g/mol. The van der Waals surface area contributed by atoms with E-state index >= 15 is 0 Å². The third-order valence-electron chi connectivity index (χ3n) is 2.34. The molecule has 0 saturated heterocycles. The number of anilines is 1. The molecule has 1 aromatic rings. The van der Waals surface area contributed by atoms with E-state index in [9.17, 15) is 21.6 Å². The highest BCUT2D eigenvalue weighted by Gasteiger charge is 2.27. The van der Waals surface area contributed by atoms with Gasteiger partial charge in [-0.2, -0.15) is 0 Å². The van der Waals surface area contributed by atoms with E-state index in [1.54, 1.807) is 0 Å². The summed E-state index contributed by atoms with van der Waals surface area (Å²) in [6.45, 7) is 1.02. The molecule has 7 nitrogen and oxygen atoms in total. The molecule has 1 aromatic carbocycles. The first kappa shape index (κ1) is 15.4. The van der Waals surface area contributed by atoms with E-state index in [2.05, 4.69) is 0 Å². The Kier molecular flexibility index (Phi) is 4.21. The molecule has 0 heterocycles. The van der Waals surface area contributed by atoms with Crippen LogP contribution in [-0.4, -0.2) is 39.4 Å². The van der Waals surface area contributed by atoms with Crippen molar-refractivity contribution in [3.05, 3.63) is 24.3 Å². The van der Waals surface area contributed by atoms with Crippen LogP contribution in [-0.2, 0) is 24.7 Å².